The summed E-state index contributed by atoms with van der Waals surface area (Å²) < 4.78 is 34.3. The first-order valence-corrected chi connectivity index (χ1v) is 24.2. The number of hydrogen-bond donors (Lipinski definition) is 1. The lowest BCUT2D eigenvalue weighted by molar-refractivity contribution is -0.870. The number of carbonyl (C=O) groups excluding carboxylic acids is 2. The van der Waals surface area contributed by atoms with Crippen LogP contribution in [-0.4, -0.2) is 74.9 Å². The molecule has 0 fully saturated rings. The average molecular weight is 813 g/mol. The van der Waals surface area contributed by atoms with Gasteiger partial charge < -0.3 is 18.9 Å². The Morgan fingerprint density at radius 3 is 1.50 bits per heavy atom. The third kappa shape index (κ3) is 41.9. The maximum Gasteiger partial charge on any atom is 0.472 e. The predicted molar refractivity (Wildman–Crippen MR) is 234 cm³/mol. The van der Waals surface area contributed by atoms with E-state index in [-0.39, 0.29) is 32.0 Å². The Morgan fingerprint density at radius 2 is 0.964 bits per heavy atom. The van der Waals surface area contributed by atoms with Gasteiger partial charge in [-0.05, 0) is 70.6 Å². The van der Waals surface area contributed by atoms with E-state index < -0.39 is 26.5 Å². The highest BCUT2D eigenvalue weighted by atomic mass is 31.2. The molecule has 1 N–H and O–H groups in total. The van der Waals surface area contributed by atoms with Gasteiger partial charge in [-0.3, -0.25) is 18.6 Å². The van der Waals surface area contributed by atoms with E-state index in [1.165, 1.54) is 103 Å². The zero-order valence-corrected chi connectivity index (χ0v) is 37.8. The van der Waals surface area contributed by atoms with Crippen LogP contribution in [0.5, 0.6) is 0 Å². The number of carbonyl (C=O) groups is 2. The van der Waals surface area contributed by atoms with E-state index in [1.54, 1.807) is 0 Å². The van der Waals surface area contributed by atoms with Crippen molar-refractivity contribution < 1.29 is 42.1 Å². The molecule has 1 unspecified atom stereocenters. The number of rotatable bonds is 41. The maximum absolute atomic E-state index is 12.7. The fourth-order valence-electron chi connectivity index (χ4n) is 6.04. The number of ether oxygens (including phenoxy) is 2. The van der Waals surface area contributed by atoms with Gasteiger partial charge in [-0.25, -0.2) is 4.57 Å². The van der Waals surface area contributed by atoms with Crippen molar-refractivity contribution in [1.29, 1.82) is 0 Å². The monoisotopic (exact) mass is 813 g/mol. The van der Waals surface area contributed by atoms with Crippen LogP contribution in [0.3, 0.4) is 0 Å². The molecule has 0 aliphatic carbocycles. The second-order valence-corrected chi connectivity index (χ2v) is 17.9. The molecule has 0 spiro atoms. The minimum atomic E-state index is -4.38. The molecular formula is C46H87NO8P+. The number of quaternary nitrogens is 1. The van der Waals surface area contributed by atoms with E-state index in [0.717, 1.165) is 57.8 Å². The molecule has 0 saturated carbocycles. The van der Waals surface area contributed by atoms with Crippen LogP contribution in [-0.2, 0) is 32.7 Å². The van der Waals surface area contributed by atoms with Crippen LogP contribution in [0.2, 0.25) is 0 Å². The lowest BCUT2D eigenvalue weighted by atomic mass is 10.1. The minimum absolute atomic E-state index is 0.0269. The average Bonchev–Trinajstić information content (AvgIpc) is 3.15. The third-order valence-electron chi connectivity index (χ3n) is 9.64. The van der Waals surface area contributed by atoms with Gasteiger partial charge >= 0.3 is 19.8 Å². The first-order chi connectivity index (χ1) is 27.0. The summed E-state index contributed by atoms with van der Waals surface area (Å²) >= 11 is 0. The van der Waals surface area contributed by atoms with Crippen molar-refractivity contribution in [3.63, 3.8) is 0 Å². The number of phosphoric ester groups is 1. The van der Waals surface area contributed by atoms with Crippen LogP contribution in [0.25, 0.3) is 0 Å². The molecule has 56 heavy (non-hydrogen) atoms. The van der Waals surface area contributed by atoms with E-state index in [1.807, 2.05) is 21.1 Å². The van der Waals surface area contributed by atoms with Crippen LogP contribution in [0.4, 0.5) is 0 Å². The standard InChI is InChI=1S/C46H86NO8P/c1-6-8-10-12-14-16-18-20-22-23-25-26-28-30-32-34-36-38-45(48)52-42-44(43-54-56(50,51)53-41-40-47(3,4)5)55-46(49)39-37-35-33-31-29-27-24-21-19-17-15-13-11-9-7-2/h14,16,20,22,29,31,44H,6-13,15,17-19,21,23-28,30,32-43H2,1-5H3/p+1/b16-14+,22-20+,31-29+/t44-/m1/s1. The highest BCUT2D eigenvalue weighted by Crippen LogP contribution is 2.43. The SMILES string of the molecule is CCCCC/C=C/C/C=C/CCCCCCCCCC(=O)OC[C@H](COP(=O)(O)OCC[N+](C)(C)C)OC(=O)CCCC/C=C/CCCCCCCCCCC. The summed E-state index contributed by atoms with van der Waals surface area (Å²) in [7, 11) is 1.46. The van der Waals surface area contributed by atoms with Crippen LogP contribution >= 0.6 is 7.82 Å². The fraction of sp³-hybridized carbons (Fsp3) is 0.826. The van der Waals surface area contributed by atoms with Crippen LogP contribution in [0, 0.1) is 0 Å². The molecule has 0 aliphatic heterocycles. The Kier molecular flexibility index (Phi) is 37.5. The van der Waals surface area contributed by atoms with Gasteiger partial charge in [0.2, 0.25) is 0 Å². The zero-order chi connectivity index (χ0) is 41.4. The van der Waals surface area contributed by atoms with Gasteiger partial charge in [-0.2, -0.15) is 0 Å². The Balaban J connectivity index is 4.37. The fourth-order valence-corrected chi connectivity index (χ4v) is 6.78. The van der Waals surface area contributed by atoms with Crippen LogP contribution in [0.1, 0.15) is 194 Å². The number of likely N-dealkylation sites (N-methyl/N-ethyl adjacent to an activating group) is 1. The third-order valence-corrected chi connectivity index (χ3v) is 10.6. The number of hydrogen-bond acceptors (Lipinski definition) is 7. The molecule has 328 valence electrons. The molecule has 0 aromatic rings. The Hall–Kier alpha value is -1.77. The second kappa shape index (κ2) is 38.7. The van der Waals surface area contributed by atoms with Crippen molar-refractivity contribution in [2.75, 3.05) is 47.5 Å². The number of allylic oxidation sites excluding steroid dienone is 6. The predicted octanol–water partition coefficient (Wildman–Crippen LogP) is 12.9. The molecule has 10 heteroatoms. The zero-order valence-electron chi connectivity index (χ0n) is 36.9. The smallest absolute Gasteiger partial charge is 0.462 e. The van der Waals surface area contributed by atoms with E-state index in [0.29, 0.717) is 17.4 Å². The number of phosphoric acid groups is 1. The lowest BCUT2D eigenvalue weighted by Gasteiger charge is -2.24. The van der Waals surface area contributed by atoms with Gasteiger partial charge in [0.25, 0.3) is 0 Å². The number of unbranched alkanes of at least 4 members (excludes halogenated alkanes) is 21. The van der Waals surface area contributed by atoms with E-state index in [4.69, 9.17) is 18.5 Å². The van der Waals surface area contributed by atoms with Gasteiger partial charge in [0.05, 0.1) is 27.7 Å². The first-order valence-electron chi connectivity index (χ1n) is 22.7. The molecule has 0 aromatic carbocycles. The summed E-state index contributed by atoms with van der Waals surface area (Å²) in [4.78, 5) is 35.4. The van der Waals surface area contributed by atoms with Crippen LogP contribution in [0.15, 0.2) is 36.5 Å². The highest BCUT2D eigenvalue weighted by molar-refractivity contribution is 7.47. The molecule has 0 aromatic heterocycles. The van der Waals surface area contributed by atoms with Gasteiger partial charge in [0.1, 0.15) is 19.8 Å². The maximum atomic E-state index is 12.7. The summed E-state index contributed by atoms with van der Waals surface area (Å²) in [5.41, 5.74) is 0. The van der Waals surface area contributed by atoms with Crippen molar-refractivity contribution >= 4 is 19.8 Å². The van der Waals surface area contributed by atoms with Crippen LogP contribution < -0.4 is 0 Å². The minimum Gasteiger partial charge on any atom is -0.462 e. The van der Waals surface area contributed by atoms with Gasteiger partial charge in [-0.15, -0.1) is 0 Å². The number of esters is 2. The number of nitrogens with zero attached hydrogens (tertiary/aromatic N) is 1. The summed E-state index contributed by atoms with van der Waals surface area (Å²) in [6, 6.07) is 0. The molecule has 2 atom stereocenters. The molecule has 0 rings (SSSR count). The second-order valence-electron chi connectivity index (χ2n) is 16.4. The molecule has 0 radical (unpaired) electrons. The normalized spacial score (nSPS) is 13.9. The highest BCUT2D eigenvalue weighted by Gasteiger charge is 2.27. The Bertz CT molecular complexity index is 1050. The van der Waals surface area contributed by atoms with Crippen molar-refractivity contribution in [2.45, 2.75) is 200 Å². The Morgan fingerprint density at radius 1 is 0.554 bits per heavy atom. The first kappa shape index (κ1) is 54.2. The molecule has 0 amide bonds. The van der Waals surface area contributed by atoms with Gasteiger partial charge in [0.15, 0.2) is 6.10 Å². The summed E-state index contributed by atoms with van der Waals surface area (Å²) in [5.74, 6) is -0.831. The molecule has 0 aliphatic rings. The molecule has 0 heterocycles. The molecular weight excluding hydrogens is 725 g/mol. The molecule has 9 nitrogen and oxygen atoms in total. The van der Waals surface area contributed by atoms with Crippen molar-refractivity contribution in [3.05, 3.63) is 36.5 Å². The molecule has 0 bridgehead atoms. The summed E-state index contributed by atoms with van der Waals surface area (Å²) in [6.07, 6.45) is 43.3. The quantitative estimate of drug-likeness (QED) is 0.0214. The Labute approximate surface area is 344 Å². The van der Waals surface area contributed by atoms with E-state index >= 15 is 0 Å². The topological polar surface area (TPSA) is 108 Å². The van der Waals surface area contributed by atoms with Crippen molar-refractivity contribution in [2.24, 2.45) is 0 Å². The van der Waals surface area contributed by atoms with E-state index in [9.17, 15) is 19.0 Å². The summed E-state index contributed by atoms with van der Waals surface area (Å²) in [6.45, 7) is 4.37. The largest absolute Gasteiger partial charge is 0.472 e. The summed E-state index contributed by atoms with van der Waals surface area (Å²) in [5, 5.41) is 0. The van der Waals surface area contributed by atoms with Gasteiger partial charge in [-0.1, -0.05) is 147 Å². The lowest BCUT2D eigenvalue weighted by Crippen LogP contribution is -2.37. The van der Waals surface area contributed by atoms with Crippen molar-refractivity contribution in [3.8, 4) is 0 Å². The molecule has 0 saturated heterocycles. The van der Waals surface area contributed by atoms with Crippen molar-refractivity contribution in [1.82, 2.24) is 0 Å². The van der Waals surface area contributed by atoms with Gasteiger partial charge in [0, 0.05) is 12.8 Å². The van der Waals surface area contributed by atoms with E-state index in [2.05, 4.69) is 50.3 Å².